The molecule has 0 bridgehead atoms. The normalized spacial score (nSPS) is 12.1. The van der Waals surface area contributed by atoms with Gasteiger partial charge in [0, 0.05) is 40.7 Å². The van der Waals surface area contributed by atoms with Crippen LogP contribution in [0.1, 0.15) is 31.2 Å². The van der Waals surface area contributed by atoms with Crippen LogP contribution in [0.3, 0.4) is 0 Å². The number of alkyl halides is 3. The van der Waals surface area contributed by atoms with Gasteiger partial charge < -0.3 is 15.5 Å². The summed E-state index contributed by atoms with van der Waals surface area (Å²) in [6.45, 7) is 9.27. The minimum atomic E-state index is -4.69. The summed E-state index contributed by atoms with van der Waals surface area (Å²) in [5.41, 5.74) is -0.120. The molecule has 1 aromatic carbocycles. The molecule has 36 heavy (non-hydrogen) atoms. The zero-order valence-electron chi connectivity index (χ0n) is 20.8. The average molecular weight is 622 g/mol. The Labute approximate surface area is 268 Å². The monoisotopic (exact) mass is 622 g/mol. The Bertz CT molecular complexity index is 1160. The number of nitrogens with zero attached hydrogens (tertiary/aromatic N) is 2. The molecule has 0 aliphatic heterocycles. The van der Waals surface area contributed by atoms with Gasteiger partial charge in [0.15, 0.2) is 0 Å². The van der Waals surface area contributed by atoms with Crippen molar-refractivity contribution in [2.45, 2.75) is 25.9 Å². The molecule has 1 amide bonds. The topological polar surface area (TPSA) is 57.3 Å². The Hall–Kier alpha value is -1.41. The van der Waals surface area contributed by atoms with Crippen LogP contribution in [0, 0.1) is 7.05 Å². The fourth-order valence-electron chi connectivity index (χ4n) is 3.10. The van der Waals surface area contributed by atoms with Crippen molar-refractivity contribution in [3.05, 3.63) is 79.5 Å². The van der Waals surface area contributed by atoms with Crippen molar-refractivity contribution in [3.63, 3.8) is 0 Å². The SMILES string of the molecule is C=C(CC)C(=O)NC/C=C/c1cc2c(N/C(=C\F)CCN([CH2-])C)cccc2c(C(=C)C(F)(F)F)n1.[Cs+]. The molecule has 188 valence electrons. The minimum Gasteiger partial charge on any atom is -0.461 e. The van der Waals surface area contributed by atoms with Crippen LogP contribution in [0.5, 0.6) is 0 Å². The van der Waals surface area contributed by atoms with Crippen LogP contribution in [0.2, 0.25) is 0 Å². The molecule has 0 saturated heterocycles. The molecule has 5 nitrogen and oxygen atoms in total. The van der Waals surface area contributed by atoms with Crippen molar-refractivity contribution in [3.8, 4) is 0 Å². The predicted molar refractivity (Wildman–Crippen MR) is 134 cm³/mol. The Kier molecular flexibility index (Phi) is 13.7. The second kappa shape index (κ2) is 15.1. The molecule has 0 aliphatic carbocycles. The van der Waals surface area contributed by atoms with E-state index < -0.39 is 11.7 Å². The predicted octanol–water partition coefficient (Wildman–Crippen LogP) is 3.25. The fourth-order valence-corrected chi connectivity index (χ4v) is 3.10. The van der Waals surface area contributed by atoms with Crippen LogP contribution in [0.15, 0.2) is 61.1 Å². The van der Waals surface area contributed by atoms with Gasteiger partial charge in [-0.05, 0) is 38.2 Å². The van der Waals surface area contributed by atoms with Crippen LogP contribution >= 0.6 is 0 Å². The van der Waals surface area contributed by atoms with E-state index in [4.69, 9.17) is 0 Å². The number of fused-ring (bicyclic) bond motifs is 1. The summed E-state index contributed by atoms with van der Waals surface area (Å²) in [4.78, 5) is 17.6. The Morgan fingerprint density at radius 2 is 1.94 bits per heavy atom. The number of nitrogens with one attached hydrogen (secondary N) is 2. The summed E-state index contributed by atoms with van der Waals surface area (Å²) in [6, 6.07) is 6.31. The number of anilines is 1. The molecule has 10 heteroatoms. The fraction of sp³-hybridized carbons (Fsp3) is 0.269. The van der Waals surface area contributed by atoms with Crippen molar-refractivity contribution in [1.82, 2.24) is 15.2 Å². The van der Waals surface area contributed by atoms with E-state index in [9.17, 15) is 22.4 Å². The number of halogens is 4. The summed E-state index contributed by atoms with van der Waals surface area (Å²) in [6.07, 6.45) is -0.379. The Morgan fingerprint density at radius 1 is 1.25 bits per heavy atom. The van der Waals surface area contributed by atoms with Crippen molar-refractivity contribution >= 4 is 34.0 Å². The smallest absolute Gasteiger partial charge is 0.461 e. The maximum atomic E-state index is 13.5. The molecule has 0 saturated carbocycles. The second-order valence-electron chi connectivity index (χ2n) is 7.93. The van der Waals surface area contributed by atoms with Gasteiger partial charge >= 0.3 is 75.1 Å². The Balaban J connectivity index is 0.00000648. The molecule has 0 unspecified atom stereocenters. The van der Waals surface area contributed by atoms with Crippen LogP contribution < -0.4 is 79.5 Å². The van der Waals surface area contributed by atoms with E-state index in [0.717, 1.165) is 0 Å². The quantitative estimate of drug-likeness (QED) is 0.230. The van der Waals surface area contributed by atoms with Crippen molar-refractivity contribution < 1.29 is 91.2 Å². The maximum absolute atomic E-state index is 13.5. The van der Waals surface area contributed by atoms with Gasteiger partial charge in [0.2, 0.25) is 5.91 Å². The molecular formula is C26H29CsF4N4O. The first-order valence-electron chi connectivity index (χ1n) is 10.9. The van der Waals surface area contributed by atoms with Gasteiger partial charge in [0.1, 0.15) is 6.33 Å². The molecule has 0 spiro atoms. The van der Waals surface area contributed by atoms with E-state index in [0.29, 0.717) is 42.4 Å². The number of hydrogen-bond donors (Lipinski definition) is 2. The van der Waals surface area contributed by atoms with E-state index in [2.05, 4.69) is 35.8 Å². The number of aromatic nitrogens is 1. The number of amides is 1. The van der Waals surface area contributed by atoms with Gasteiger partial charge in [-0.25, -0.2) is 9.37 Å². The average Bonchev–Trinajstić information content (AvgIpc) is 2.82. The first-order valence-corrected chi connectivity index (χ1v) is 10.9. The standard InChI is InChI=1S/C26H29F4N4O.Cs/c1-6-17(2)25(35)31-13-8-9-19-15-22-21(24(33-19)18(3)26(28,29)30)10-7-11-23(22)32-20(16-27)12-14-34(4)5;/h7-11,15-16,32H,2-4,6,12-14H2,1,5H3,(H,31,35);/q-1;+1/b9-8+,20-16-;. The minimum absolute atomic E-state index is 0. The molecule has 0 aliphatic rings. The number of allylic oxidation sites excluding steroid dienone is 1. The third kappa shape index (κ3) is 9.48. The van der Waals surface area contributed by atoms with Crippen LogP contribution in [-0.4, -0.2) is 42.1 Å². The van der Waals surface area contributed by atoms with Crippen LogP contribution in [-0.2, 0) is 4.79 Å². The third-order valence-electron chi connectivity index (χ3n) is 5.13. The summed E-state index contributed by atoms with van der Waals surface area (Å²) in [7, 11) is 5.46. The van der Waals surface area contributed by atoms with Gasteiger partial charge in [-0.3, -0.25) is 11.8 Å². The molecule has 2 rings (SSSR count). The summed E-state index contributed by atoms with van der Waals surface area (Å²) >= 11 is 0. The van der Waals surface area contributed by atoms with Gasteiger partial charge in [-0.15, -0.1) is 0 Å². The number of hydrogen-bond acceptors (Lipinski definition) is 4. The first kappa shape index (κ1) is 32.6. The van der Waals surface area contributed by atoms with Gasteiger partial charge in [0.05, 0.1) is 17.0 Å². The zero-order chi connectivity index (χ0) is 26.2. The summed E-state index contributed by atoms with van der Waals surface area (Å²) < 4.78 is 54.1. The molecule has 2 N–H and O–H groups in total. The first-order chi connectivity index (χ1) is 16.5. The number of carbonyl (C=O) groups excluding carboxylic acids is 1. The van der Waals surface area contributed by atoms with Crippen molar-refractivity contribution in [2.24, 2.45) is 0 Å². The molecule has 1 heterocycles. The van der Waals surface area contributed by atoms with Crippen molar-refractivity contribution in [2.75, 3.05) is 25.5 Å². The largest absolute Gasteiger partial charge is 1.00 e. The van der Waals surface area contributed by atoms with E-state index in [1.807, 2.05) is 0 Å². The Morgan fingerprint density at radius 3 is 2.53 bits per heavy atom. The molecular weight excluding hydrogens is 593 g/mol. The number of carbonyl (C=O) groups is 1. The van der Waals surface area contributed by atoms with E-state index >= 15 is 0 Å². The molecule has 0 atom stereocenters. The van der Waals surface area contributed by atoms with Gasteiger partial charge in [-0.2, -0.15) is 13.2 Å². The van der Waals surface area contributed by atoms with E-state index in [1.54, 1.807) is 43.1 Å². The zero-order valence-corrected chi connectivity index (χ0v) is 27.1. The molecule has 1 aromatic heterocycles. The number of rotatable bonds is 11. The number of pyridine rings is 1. The van der Waals surface area contributed by atoms with Gasteiger partial charge in [0.25, 0.3) is 0 Å². The van der Waals surface area contributed by atoms with E-state index in [-0.39, 0.29) is 104 Å². The van der Waals surface area contributed by atoms with Gasteiger partial charge in [-0.1, -0.05) is 38.3 Å². The molecule has 2 aromatic rings. The van der Waals surface area contributed by atoms with E-state index in [1.165, 1.54) is 12.1 Å². The maximum Gasteiger partial charge on any atom is 1.00 e. The molecule has 0 radical (unpaired) electrons. The summed E-state index contributed by atoms with van der Waals surface area (Å²) in [5, 5.41) is 6.24. The number of benzene rings is 1. The second-order valence-corrected chi connectivity index (χ2v) is 7.93. The van der Waals surface area contributed by atoms with Crippen LogP contribution in [0.4, 0.5) is 23.2 Å². The molecule has 0 fully saturated rings. The summed E-state index contributed by atoms with van der Waals surface area (Å²) in [5.74, 6) is -0.306. The van der Waals surface area contributed by atoms with Crippen molar-refractivity contribution in [1.29, 1.82) is 0 Å². The van der Waals surface area contributed by atoms with Crippen LogP contribution in [0.25, 0.3) is 22.4 Å². The third-order valence-corrected chi connectivity index (χ3v) is 5.13.